The normalized spacial score (nSPS) is 25.5. The van der Waals surface area contributed by atoms with Crippen LogP contribution < -0.4 is 0 Å². The number of carboxylic acids is 1. The van der Waals surface area contributed by atoms with Gasteiger partial charge in [-0.2, -0.15) is 0 Å². The maximum absolute atomic E-state index is 10.7. The molecule has 0 aromatic rings. The molecule has 1 aliphatic heterocycles. The minimum Gasteiger partial charge on any atom is -0.481 e. The first-order valence-corrected chi connectivity index (χ1v) is 5.62. The molecule has 0 saturated carbocycles. The summed E-state index contributed by atoms with van der Waals surface area (Å²) < 4.78 is 0. The first kappa shape index (κ1) is 12.5. The highest BCUT2D eigenvalue weighted by atomic mass is 16.4. The molecule has 0 radical (unpaired) electrons. The quantitative estimate of drug-likeness (QED) is 0.749. The van der Waals surface area contributed by atoms with E-state index >= 15 is 0 Å². The molecule has 0 spiro atoms. The summed E-state index contributed by atoms with van der Waals surface area (Å²) in [6.45, 7) is 4.64. The molecule has 1 rings (SSSR count). The summed E-state index contributed by atoms with van der Waals surface area (Å²) in [5.41, 5.74) is 0. The van der Waals surface area contributed by atoms with E-state index in [2.05, 4.69) is 16.8 Å². The second kappa shape index (κ2) is 5.47. The van der Waals surface area contributed by atoms with Crippen molar-refractivity contribution >= 4 is 5.97 Å². The number of likely N-dealkylation sites (tertiary alicyclic amines) is 1. The van der Waals surface area contributed by atoms with E-state index < -0.39 is 5.97 Å². The molecule has 0 aliphatic carbocycles. The van der Waals surface area contributed by atoms with Crippen LogP contribution in [0.4, 0.5) is 0 Å². The number of hydrogen-bond donors (Lipinski definition) is 1. The van der Waals surface area contributed by atoms with Crippen LogP contribution in [0.25, 0.3) is 0 Å². The average molecular weight is 214 g/mol. The predicted octanol–water partition coefficient (Wildman–Crippen LogP) is 0.733. The fraction of sp³-hybridized carbons (Fsp3) is 0.909. The molecule has 0 amide bonds. The van der Waals surface area contributed by atoms with Crippen molar-refractivity contribution in [2.75, 3.05) is 33.7 Å². The van der Waals surface area contributed by atoms with Gasteiger partial charge in [0.2, 0.25) is 0 Å². The fourth-order valence-electron chi connectivity index (χ4n) is 2.16. The van der Waals surface area contributed by atoms with E-state index in [1.54, 1.807) is 6.92 Å². The molecule has 2 atom stereocenters. The lowest BCUT2D eigenvalue weighted by Gasteiger charge is -2.36. The van der Waals surface area contributed by atoms with Gasteiger partial charge in [0.05, 0.1) is 5.92 Å². The molecule has 1 N–H and O–H groups in total. The highest BCUT2D eigenvalue weighted by molar-refractivity contribution is 5.69. The maximum atomic E-state index is 10.7. The summed E-state index contributed by atoms with van der Waals surface area (Å²) >= 11 is 0. The Kier molecular flexibility index (Phi) is 4.54. The van der Waals surface area contributed by atoms with Crippen molar-refractivity contribution in [2.24, 2.45) is 5.92 Å². The molecule has 1 fully saturated rings. The highest BCUT2D eigenvalue weighted by Gasteiger charge is 2.23. The molecule has 0 aromatic carbocycles. The Morgan fingerprint density at radius 2 is 2.33 bits per heavy atom. The Morgan fingerprint density at radius 1 is 1.67 bits per heavy atom. The molecule has 4 heteroatoms. The van der Waals surface area contributed by atoms with E-state index in [0.29, 0.717) is 12.6 Å². The van der Waals surface area contributed by atoms with Gasteiger partial charge in [-0.25, -0.2) is 0 Å². The summed E-state index contributed by atoms with van der Waals surface area (Å²) in [5.74, 6) is -0.978. The summed E-state index contributed by atoms with van der Waals surface area (Å²) in [7, 11) is 4.16. The van der Waals surface area contributed by atoms with Gasteiger partial charge in [-0.3, -0.25) is 4.79 Å². The summed E-state index contributed by atoms with van der Waals surface area (Å²) in [6, 6.07) is 0.519. The number of carbonyl (C=O) groups is 1. The van der Waals surface area contributed by atoms with Crippen LogP contribution in [0.3, 0.4) is 0 Å². The van der Waals surface area contributed by atoms with Crippen LogP contribution in [0.15, 0.2) is 0 Å². The lowest BCUT2D eigenvalue weighted by atomic mass is 10.0. The van der Waals surface area contributed by atoms with E-state index in [9.17, 15) is 4.79 Å². The summed E-state index contributed by atoms with van der Waals surface area (Å²) in [6.07, 6.45) is 2.40. The minimum atomic E-state index is -0.703. The molecule has 2 unspecified atom stereocenters. The molecule has 4 nitrogen and oxygen atoms in total. The van der Waals surface area contributed by atoms with Gasteiger partial charge < -0.3 is 14.9 Å². The number of aliphatic carboxylic acids is 1. The molecule has 1 saturated heterocycles. The van der Waals surface area contributed by atoms with Crippen LogP contribution in [-0.2, 0) is 4.79 Å². The topological polar surface area (TPSA) is 43.8 Å². The second-order valence-electron chi connectivity index (χ2n) is 4.74. The van der Waals surface area contributed by atoms with Crippen molar-refractivity contribution in [3.8, 4) is 0 Å². The minimum absolute atomic E-state index is 0.276. The van der Waals surface area contributed by atoms with Crippen molar-refractivity contribution < 1.29 is 9.90 Å². The first-order chi connectivity index (χ1) is 7.00. The number of likely N-dealkylation sites (N-methyl/N-ethyl adjacent to an activating group) is 2. The smallest absolute Gasteiger partial charge is 0.307 e. The van der Waals surface area contributed by atoms with E-state index in [-0.39, 0.29) is 5.92 Å². The zero-order valence-corrected chi connectivity index (χ0v) is 9.94. The first-order valence-electron chi connectivity index (χ1n) is 5.62. The second-order valence-corrected chi connectivity index (χ2v) is 4.74. The van der Waals surface area contributed by atoms with Crippen molar-refractivity contribution in [2.45, 2.75) is 25.8 Å². The predicted molar refractivity (Wildman–Crippen MR) is 59.9 cm³/mol. The Balaban J connectivity index is 2.38. The van der Waals surface area contributed by atoms with Gasteiger partial charge in [0.1, 0.15) is 0 Å². The largest absolute Gasteiger partial charge is 0.481 e. The van der Waals surface area contributed by atoms with Crippen LogP contribution in [0.2, 0.25) is 0 Å². The third kappa shape index (κ3) is 3.80. The van der Waals surface area contributed by atoms with E-state index in [4.69, 9.17) is 5.11 Å². The van der Waals surface area contributed by atoms with Gasteiger partial charge in [-0.15, -0.1) is 0 Å². The molecular weight excluding hydrogens is 192 g/mol. The van der Waals surface area contributed by atoms with Crippen molar-refractivity contribution in [3.63, 3.8) is 0 Å². The van der Waals surface area contributed by atoms with Crippen molar-refractivity contribution in [1.29, 1.82) is 0 Å². The van der Waals surface area contributed by atoms with E-state index in [1.807, 2.05) is 7.05 Å². The van der Waals surface area contributed by atoms with Gasteiger partial charge in [-0.1, -0.05) is 6.92 Å². The zero-order chi connectivity index (χ0) is 11.4. The Hall–Kier alpha value is -0.610. The third-order valence-corrected chi connectivity index (χ3v) is 3.21. The SMILES string of the molecule is CC(CN(C)C1CCCN(C)C1)C(=O)O. The van der Waals surface area contributed by atoms with Gasteiger partial charge in [0.15, 0.2) is 0 Å². The highest BCUT2D eigenvalue weighted by Crippen LogP contribution is 2.14. The average Bonchev–Trinajstić information content (AvgIpc) is 2.17. The monoisotopic (exact) mass is 214 g/mol. The molecule has 1 heterocycles. The Bertz CT molecular complexity index is 221. The van der Waals surface area contributed by atoms with Crippen LogP contribution in [0, 0.1) is 5.92 Å². The number of carboxylic acid groups (broad SMARTS) is 1. The molecule has 0 aromatic heterocycles. The summed E-state index contributed by atoms with van der Waals surface area (Å²) in [5, 5.41) is 8.84. The number of piperidine rings is 1. The third-order valence-electron chi connectivity index (χ3n) is 3.21. The molecule has 15 heavy (non-hydrogen) atoms. The summed E-state index contributed by atoms with van der Waals surface area (Å²) in [4.78, 5) is 15.2. The lowest BCUT2D eigenvalue weighted by Crippen LogP contribution is -2.46. The lowest BCUT2D eigenvalue weighted by molar-refractivity contribution is -0.141. The van der Waals surface area contributed by atoms with Crippen LogP contribution in [-0.4, -0.2) is 60.6 Å². The fourth-order valence-corrected chi connectivity index (χ4v) is 2.16. The molecule has 0 bridgehead atoms. The Morgan fingerprint density at radius 3 is 2.87 bits per heavy atom. The van der Waals surface area contributed by atoms with Crippen LogP contribution in [0.1, 0.15) is 19.8 Å². The van der Waals surface area contributed by atoms with Gasteiger partial charge in [0, 0.05) is 19.1 Å². The maximum Gasteiger partial charge on any atom is 0.307 e. The van der Waals surface area contributed by atoms with E-state index in [0.717, 1.165) is 6.54 Å². The standard InChI is InChI=1S/C11H22N2O2/c1-9(11(14)15)7-13(3)10-5-4-6-12(2)8-10/h9-10H,4-8H2,1-3H3,(H,14,15). The van der Waals surface area contributed by atoms with Gasteiger partial charge in [0.25, 0.3) is 0 Å². The number of hydrogen-bond acceptors (Lipinski definition) is 3. The van der Waals surface area contributed by atoms with Crippen molar-refractivity contribution in [1.82, 2.24) is 9.80 Å². The van der Waals surface area contributed by atoms with Crippen LogP contribution >= 0.6 is 0 Å². The van der Waals surface area contributed by atoms with Crippen molar-refractivity contribution in [3.05, 3.63) is 0 Å². The number of nitrogens with zero attached hydrogens (tertiary/aromatic N) is 2. The number of rotatable bonds is 4. The molecule has 1 aliphatic rings. The van der Waals surface area contributed by atoms with E-state index in [1.165, 1.54) is 19.4 Å². The Labute approximate surface area is 91.9 Å². The zero-order valence-electron chi connectivity index (χ0n) is 9.94. The molecule has 88 valence electrons. The van der Waals surface area contributed by atoms with Gasteiger partial charge >= 0.3 is 5.97 Å². The van der Waals surface area contributed by atoms with Crippen LogP contribution in [0.5, 0.6) is 0 Å². The molecular formula is C11H22N2O2. The van der Waals surface area contributed by atoms with Gasteiger partial charge in [-0.05, 0) is 33.5 Å².